The topological polar surface area (TPSA) is 75.5 Å². The normalized spacial score (nSPS) is 18.3. The zero-order valence-corrected chi connectivity index (χ0v) is 17.5. The fraction of sp³-hybridized carbons (Fsp3) is 0.650. The summed E-state index contributed by atoms with van der Waals surface area (Å²) in [4.78, 5) is 26.2. The Labute approximate surface area is 166 Å². The number of nitro benzene ring substituents is 1. The maximum absolute atomic E-state index is 12.5. The Morgan fingerprint density at radius 1 is 1.26 bits per heavy atom. The SMILES string of the molecule is CC1CCN([C@@H](CNC(=O)[C@H](C)Sc2ccc([N+](=O)[O-])cc2)C(C)C)CC1. The summed E-state index contributed by atoms with van der Waals surface area (Å²) in [5.41, 5.74) is 0.0621. The minimum Gasteiger partial charge on any atom is -0.354 e. The first-order valence-electron chi connectivity index (χ1n) is 9.70. The maximum Gasteiger partial charge on any atom is 0.269 e. The second kappa shape index (κ2) is 10.1. The number of rotatable bonds is 8. The van der Waals surface area contributed by atoms with Gasteiger partial charge in [0.05, 0.1) is 10.2 Å². The molecule has 0 saturated carbocycles. The Balaban J connectivity index is 1.85. The number of nitrogens with zero attached hydrogens (tertiary/aromatic N) is 2. The lowest BCUT2D eigenvalue weighted by Gasteiger charge is -2.39. The fourth-order valence-corrected chi connectivity index (χ4v) is 4.29. The van der Waals surface area contributed by atoms with Gasteiger partial charge in [-0.25, -0.2) is 0 Å². The van der Waals surface area contributed by atoms with Gasteiger partial charge >= 0.3 is 0 Å². The Morgan fingerprint density at radius 2 is 1.85 bits per heavy atom. The number of hydrogen-bond donors (Lipinski definition) is 1. The van der Waals surface area contributed by atoms with Crippen molar-refractivity contribution in [3.63, 3.8) is 0 Å². The smallest absolute Gasteiger partial charge is 0.269 e. The summed E-state index contributed by atoms with van der Waals surface area (Å²) in [6, 6.07) is 6.69. The van der Waals surface area contributed by atoms with Crippen molar-refractivity contribution in [2.24, 2.45) is 11.8 Å². The quantitative estimate of drug-likeness (QED) is 0.411. The third-order valence-corrected chi connectivity index (χ3v) is 6.38. The highest BCUT2D eigenvalue weighted by molar-refractivity contribution is 8.00. The van der Waals surface area contributed by atoms with Gasteiger partial charge in [-0.15, -0.1) is 11.8 Å². The Bertz CT molecular complexity index is 628. The summed E-state index contributed by atoms with van der Waals surface area (Å²) in [6.45, 7) is 11.5. The molecule has 0 unspecified atom stereocenters. The van der Waals surface area contributed by atoms with Crippen LogP contribution in [0.2, 0.25) is 0 Å². The maximum atomic E-state index is 12.5. The van der Waals surface area contributed by atoms with Gasteiger partial charge in [0.2, 0.25) is 5.91 Å². The second-order valence-corrected chi connectivity index (χ2v) is 9.20. The molecule has 1 aliphatic rings. The molecular formula is C20H31N3O3S. The van der Waals surface area contributed by atoms with Crippen LogP contribution in [0, 0.1) is 22.0 Å². The van der Waals surface area contributed by atoms with Crippen LogP contribution < -0.4 is 5.32 Å². The molecule has 1 fully saturated rings. The van der Waals surface area contributed by atoms with Gasteiger partial charge in [0.15, 0.2) is 0 Å². The lowest BCUT2D eigenvalue weighted by atomic mass is 9.94. The number of non-ortho nitro benzene ring substituents is 1. The molecule has 1 aliphatic heterocycles. The van der Waals surface area contributed by atoms with Crippen LogP contribution in [0.4, 0.5) is 5.69 Å². The highest BCUT2D eigenvalue weighted by atomic mass is 32.2. The van der Waals surface area contributed by atoms with E-state index < -0.39 is 4.92 Å². The molecule has 150 valence electrons. The predicted octanol–water partition coefficient (Wildman–Crippen LogP) is 3.95. The molecule has 0 spiro atoms. The molecule has 0 aliphatic carbocycles. The number of thioether (sulfide) groups is 1. The minimum atomic E-state index is -0.419. The van der Waals surface area contributed by atoms with E-state index in [0.717, 1.165) is 23.9 Å². The zero-order chi connectivity index (χ0) is 20.0. The van der Waals surface area contributed by atoms with Crippen molar-refractivity contribution in [1.29, 1.82) is 0 Å². The summed E-state index contributed by atoms with van der Waals surface area (Å²) in [5, 5.41) is 13.6. The molecule has 1 N–H and O–H groups in total. The van der Waals surface area contributed by atoms with E-state index in [1.807, 2.05) is 6.92 Å². The Kier molecular flexibility index (Phi) is 8.10. The lowest BCUT2D eigenvalue weighted by Crippen LogP contribution is -2.50. The number of likely N-dealkylation sites (tertiary alicyclic amines) is 1. The Hall–Kier alpha value is -1.60. The highest BCUT2D eigenvalue weighted by Crippen LogP contribution is 2.26. The van der Waals surface area contributed by atoms with Crippen LogP contribution in [0.3, 0.4) is 0 Å². The van der Waals surface area contributed by atoms with Crippen molar-refractivity contribution in [3.8, 4) is 0 Å². The van der Waals surface area contributed by atoms with Crippen molar-refractivity contribution in [2.45, 2.75) is 56.7 Å². The van der Waals surface area contributed by atoms with Crippen LogP contribution >= 0.6 is 11.8 Å². The van der Waals surface area contributed by atoms with E-state index in [2.05, 4.69) is 31.0 Å². The first kappa shape index (κ1) is 21.7. The van der Waals surface area contributed by atoms with Crippen molar-refractivity contribution in [2.75, 3.05) is 19.6 Å². The summed E-state index contributed by atoms with van der Waals surface area (Å²) in [5.74, 6) is 1.28. The molecule has 6 nitrogen and oxygen atoms in total. The van der Waals surface area contributed by atoms with E-state index in [9.17, 15) is 14.9 Å². The molecule has 1 aromatic rings. The van der Waals surface area contributed by atoms with Gasteiger partial charge in [0.1, 0.15) is 0 Å². The third kappa shape index (κ3) is 6.50. The van der Waals surface area contributed by atoms with Crippen molar-refractivity contribution in [1.82, 2.24) is 10.2 Å². The second-order valence-electron chi connectivity index (χ2n) is 7.79. The Morgan fingerprint density at radius 3 is 2.37 bits per heavy atom. The van der Waals surface area contributed by atoms with Crippen LogP contribution in [0.25, 0.3) is 0 Å². The number of carbonyl (C=O) groups is 1. The van der Waals surface area contributed by atoms with Crippen molar-refractivity contribution in [3.05, 3.63) is 34.4 Å². The average Bonchev–Trinajstić information content (AvgIpc) is 2.63. The number of amides is 1. The van der Waals surface area contributed by atoms with E-state index in [4.69, 9.17) is 0 Å². The first-order chi connectivity index (χ1) is 12.8. The van der Waals surface area contributed by atoms with Crippen molar-refractivity contribution < 1.29 is 9.72 Å². The van der Waals surface area contributed by atoms with Gasteiger partial charge in [-0.05, 0) is 56.8 Å². The van der Waals surface area contributed by atoms with Gasteiger partial charge in [0.25, 0.3) is 5.69 Å². The van der Waals surface area contributed by atoms with Gasteiger partial charge in [-0.2, -0.15) is 0 Å². The van der Waals surface area contributed by atoms with Crippen LogP contribution in [-0.4, -0.2) is 46.7 Å². The number of piperidine rings is 1. The molecule has 1 heterocycles. The van der Waals surface area contributed by atoms with E-state index in [0.29, 0.717) is 18.5 Å². The monoisotopic (exact) mass is 393 g/mol. The molecule has 27 heavy (non-hydrogen) atoms. The standard InChI is InChI=1S/C20H31N3O3S/c1-14(2)19(22-11-9-15(3)10-12-22)13-21-20(24)16(4)27-18-7-5-17(6-8-18)23(25)26/h5-8,14-16,19H,9-13H2,1-4H3,(H,21,24)/t16-,19-/m0/s1. The van der Waals surface area contributed by atoms with Crippen LogP contribution in [0.1, 0.15) is 40.5 Å². The lowest BCUT2D eigenvalue weighted by molar-refractivity contribution is -0.384. The zero-order valence-electron chi connectivity index (χ0n) is 16.7. The van der Waals surface area contributed by atoms with Gasteiger partial charge < -0.3 is 5.32 Å². The summed E-state index contributed by atoms with van der Waals surface area (Å²) in [6.07, 6.45) is 2.45. The molecule has 0 bridgehead atoms. The molecule has 2 atom stereocenters. The minimum absolute atomic E-state index is 0.00869. The van der Waals surface area contributed by atoms with E-state index >= 15 is 0 Å². The molecule has 0 radical (unpaired) electrons. The van der Waals surface area contributed by atoms with Gasteiger partial charge in [-0.1, -0.05) is 20.8 Å². The molecule has 2 rings (SSSR count). The van der Waals surface area contributed by atoms with Crippen LogP contribution in [-0.2, 0) is 4.79 Å². The van der Waals surface area contributed by atoms with Crippen LogP contribution in [0.5, 0.6) is 0 Å². The molecule has 7 heteroatoms. The van der Waals surface area contributed by atoms with Crippen molar-refractivity contribution >= 4 is 23.4 Å². The third-order valence-electron chi connectivity index (χ3n) is 5.27. The molecular weight excluding hydrogens is 362 g/mol. The average molecular weight is 394 g/mol. The van der Waals surface area contributed by atoms with E-state index in [1.54, 1.807) is 12.1 Å². The number of nitrogens with one attached hydrogen (secondary N) is 1. The predicted molar refractivity (Wildman–Crippen MR) is 110 cm³/mol. The number of nitro groups is 1. The number of hydrogen-bond acceptors (Lipinski definition) is 5. The largest absolute Gasteiger partial charge is 0.354 e. The fourth-order valence-electron chi connectivity index (χ4n) is 3.40. The molecule has 0 aromatic heterocycles. The number of benzene rings is 1. The summed E-state index contributed by atoms with van der Waals surface area (Å²) >= 11 is 1.42. The van der Waals surface area contributed by atoms with Gasteiger partial charge in [-0.3, -0.25) is 19.8 Å². The first-order valence-corrected chi connectivity index (χ1v) is 10.6. The highest BCUT2D eigenvalue weighted by Gasteiger charge is 2.26. The molecule has 1 amide bonds. The molecule has 1 saturated heterocycles. The van der Waals surface area contributed by atoms with E-state index in [-0.39, 0.29) is 16.8 Å². The summed E-state index contributed by atoms with van der Waals surface area (Å²) < 4.78 is 0. The van der Waals surface area contributed by atoms with E-state index in [1.165, 1.54) is 36.7 Å². The number of carbonyl (C=O) groups excluding carboxylic acids is 1. The molecule has 1 aromatic carbocycles. The van der Waals surface area contributed by atoms with Crippen LogP contribution in [0.15, 0.2) is 29.2 Å². The van der Waals surface area contributed by atoms with Gasteiger partial charge in [0, 0.05) is 29.6 Å². The summed E-state index contributed by atoms with van der Waals surface area (Å²) in [7, 11) is 0.